The minimum atomic E-state index is -0.423. The van der Waals surface area contributed by atoms with Gasteiger partial charge in [0.05, 0.1) is 0 Å². The van der Waals surface area contributed by atoms with Gasteiger partial charge in [0, 0.05) is 10.6 Å². The van der Waals surface area contributed by atoms with Gasteiger partial charge in [-0.1, -0.05) is 11.6 Å². The second-order valence-corrected chi connectivity index (χ2v) is 3.77. The molecule has 0 atom stereocenters. The van der Waals surface area contributed by atoms with Crippen molar-refractivity contribution in [2.45, 2.75) is 0 Å². The first-order valence-electron chi connectivity index (χ1n) is 3.71. The van der Waals surface area contributed by atoms with Gasteiger partial charge in [-0.2, -0.15) is 9.36 Å². The number of halogens is 2. The molecule has 1 heterocycles. The molecule has 0 unspecified atom stereocenters. The molecule has 6 heteroatoms. The lowest BCUT2D eigenvalue weighted by molar-refractivity contribution is 0.631. The van der Waals surface area contributed by atoms with Crippen molar-refractivity contribution in [1.82, 2.24) is 9.36 Å². The number of hydrogen-bond donors (Lipinski definition) is 1. The molecule has 0 aliphatic heterocycles. The van der Waals surface area contributed by atoms with Crippen molar-refractivity contribution in [3.8, 4) is 10.6 Å². The fourth-order valence-corrected chi connectivity index (χ4v) is 1.79. The molecule has 1 aromatic carbocycles. The Labute approximate surface area is 88.5 Å². The molecule has 3 nitrogen and oxygen atoms in total. The maximum atomic E-state index is 13.4. The molecule has 0 aliphatic rings. The average molecular weight is 230 g/mol. The lowest BCUT2D eigenvalue weighted by atomic mass is 10.2. The molecule has 2 N–H and O–H groups in total. The number of anilines is 1. The highest BCUT2D eigenvalue weighted by atomic mass is 35.5. The van der Waals surface area contributed by atoms with E-state index in [4.69, 9.17) is 17.3 Å². The number of nitrogens with zero attached hydrogens (tertiary/aromatic N) is 2. The third kappa shape index (κ3) is 1.69. The van der Waals surface area contributed by atoms with Crippen LogP contribution in [0.3, 0.4) is 0 Å². The fraction of sp³-hybridized carbons (Fsp3) is 0. The predicted octanol–water partition coefficient (Wildman–Crippen LogP) is 2.58. The molecule has 0 spiro atoms. The molecule has 0 fully saturated rings. The number of nitrogens with two attached hydrogens (primary N) is 1. The van der Waals surface area contributed by atoms with Gasteiger partial charge >= 0.3 is 0 Å². The monoisotopic (exact) mass is 229 g/mol. The molecule has 0 amide bonds. The third-order valence-corrected chi connectivity index (χ3v) is 2.60. The minimum absolute atomic E-state index is 0.152. The highest BCUT2D eigenvalue weighted by molar-refractivity contribution is 7.09. The average Bonchev–Trinajstić information content (AvgIpc) is 2.51. The zero-order valence-corrected chi connectivity index (χ0v) is 8.44. The van der Waals surface area contributed by atoms with Crippen molar-refractivity contribution >= 4 is 29.1 Å². The Balaban J connectivity index is 2.52. The van der Waals surface area contributed by atoms with E-state index in [0.29, 0.717) is 15.6 Å². The minimum Gasteiger partial charge on any atom is -0.367 e. The number of aromatic nitrogens is 2. The first kappa shape index (κ1) is 9.36. The van der Waals surface area contributed by atoms with Gasteiger partial charge in [0.2, 0.25) is 5.95 Å². The van der Waals surface area contributed by atoms with Crippen LogP contribution >= 0.6 is 23.1 Å². The largest absolute Gasteiger partial charge is 0.367 e. The zero-order chi connectivity index (χ0) is 10.1. The number of hydrogen-bond acceptors (Lipinski definition) is 4. The molecule has 0 radical (unpaired) electrons. The summed E-state index contributed by atoms with van der Waals surface area (Å²) in [5.74, 6) is -0.270. The van der Waals surface area contributed by atoms with Crippen LogP contribution < -0.4 is 5.73 Å². The van der Waals surface area contributed by atoms with Gasteiger partial charge in [-0.15, -0.1) is 0 Å². The molecule has 2 rings (SSSR count). The predicted molar refractivity (Wildman–Crippen MR) is 54.7 cm³/mol. The second kappa shape index (κ2) is 3.51. The van der Waals surface area contributed by atoms with Crippen LogP contribution in [0.15, 0.2) is 18.2 Å². The van der Waals surface area contributed by atoms with Crippen molar-refractivity contribution in [1.29, 1.82) is 0 Å². The van der Waals surface area contributed by atoms with E-state index in [0.717, 1.165) is 11.5 Å². The van der Waals surface area contributed by atoms with E-state index in [1.165, 1.54) is 6.07 Å². The summed E-state index contributed by atoms with van der Waals surface area (Å²) < 4.78 is 17.1. The van der Waals surface area contributed by atoms with Gasteiger partial charge in [-0.05, 0) is 29.7 Å². The van der Waals surface area contributed by atoms with Crippen LogP contribution in [-0.2, 0) is 0 Å². The summed E-state index contributed by atoms with van der Waals surface area (Å²) in [6, 6.07) is 4.38. The summed E-state index contributed by atoms with van der Waals surface area (Å²) in [6.45, 7) is 0. The van der Waals surface area contributed by atoms with Gasteiger partial charge in [0.15, 0.2) is 0 Å². The number of benzene rings is 1. The van der Waals surface area contributed by atoms with Crippen molar-refractivity contribution in [2.24, 2.45) is 0 Å². The summed E-state index contributed by atoms with van der Waals surface area (Å²) in [5.41, 5.74) is 5.70. The van der Waals surface area contributed by atoms with Gasteiger partial charge in [-0.25, -0.2) is 4.39 Å². The summed E-state index contributed by atoms with van der Waals surface area (Å²) in [6.07, 6.45) is 0. The van der Waals surface area contributed by atoms with Crippen molar-refractivity contribution in [3.63, 3.8) is 0 Å². The van der Waals surface area contributed by atoms with E-state index in [-0.39, 0.29) is 5.95 Å². The van der Waals surface area contributed by atoms with Crippen LogP contribution in [-0.4, -0.2) is 9.36 Å². The molecule has 0 saturated heterocycles. The van der Waals surface area contributed by atoms with Crippen molar-refractivity contribution in [2.75, 3.05) is 5.73 Å². The summed E-state index contributed by atoms with van der Waals surface area (Å²) in [5, 5.41) is 0.806. The molecular weight excluding hydrogens is 225 g/mol. The Morgan fingerprint density at radius 3 is 2.79 bits per heavy atom. The molecule has 0 aliphatic carbocycles. The molecular formula is C8H5ClFN3S. The fourth-order valence-electron chi connectivity index (χ4n) is 1.01. The van der Waals surface area contributed by atoms with E-state index in [2.05, 4.69) is 9.36 Å². The summed E-state index contributed by atoms with van der Waals surface area (Å²) in [4.78, 5) is 3.87. The molecule has 2 aromatic rings. The Bertz CT molecular complexity index is 471. The van der Waals surface area contributed by atoms with Crippen LogP contribution in [0.25, 0.3) is 10.6 Å². The highest BCUT2D eigenvalue weighted by Crippen LogP contribution is 2.26. The van der Waals surface area contributed by atoms with Gasteiger partial charge in [-0.3, -0.25) is 0 Å². The first-order chi connectivity index (χ1) is 6.66. The molecule has 72 valence electrons. The number of nitrogen functional groups attached to an aromatic ring is 1. The van der Waals surface area contributed by atoms with E-state index in [1.807, 2.05) is 0 Å². The van der Waals surface area contributed by atoms with Crippen molar-refractivity contribution in [3.05, 3.63) is 29.0 Å². The van der Waals surface area contributed by atoms with Crippen LogP contribution in [0.1, 0.15) is 0 Å². The highest BCUT2D eigenvalue weighted by Gasteiger charge is 2.09. The molecule has 0 bridgehead atoms. The zero-order valence-electron chi connectivity index (χ0n) is 6.87. The quantitative estimate of drug-likeness (QED) is 0.818. The maximum Gasteiger partial charge on any atom is 0.232 e. The molecule has 14 heavy (non-hydrogen) atoms. The Morgan fingerprint density at radius 2 is 2.21 bits per heavy atom. The van der Waals surface area contributed by atoms with Gasteiger partial charge in [0.25, 0.3) is 0 Å². The molecule has 0 saturated carbocycles. The van der Waals surface area contributed by atoms with Gasteiger partial charge in [0.1, 0.15) is 10.8 Å². The van der Waals surface area contributed by atoms with E-state index < -0.39 is 5.82 Å². The normalized spacial score (nSPS) is 10.4. The van der Waals surface area contributed by atoms with Crippen LogP contribution in [0.2, 0.25) is 5.02 Å². The van der Waals surface area contributed by atoms with E-state index in [9.17, 15) is 4.39 Å². The smallest absolute Gasteiger partial charge is 0.232 e. The Kier molecular flexibility index (Phi) is 2.35. The number of rotatable bonds is 1. The SMILES string of the molecule is Nc1nsc(-c2ccc(Cl)cc2F)n1. The Hall–Kier alpha value is -1.20. The maximum absolute atomic E-state index is 13.4. The summed E-state index contributed by atoms with van der Waals surface area (Å²) >= 11 is 6.67. The lowest BCUT2D eigenvalue weighted by Crippen LogP contribution is -1.87. The topological polar surface area (TPSA) is 51.8 Å². The lowest BCUT2D eigenvalue weighted by Gasteiger charge is -1.97. The van der Waals surface area contributed by atoms with Crippen LogP contribution in [0, 0.1) is 5.82 Å². The second-order valence-electron chi connectivity index (χ2n) is 2.58. The van der Waals surface area contributed by atoms with Gasteiger partial charge < -0.3 is 5.73 Å². The van der Waals surface area contributed by atoms with Crippen molar-refractivity contribution < 1.29 is 4.39 Å². The van der Waals surface area contributed by atoms with Crippen LogP contribution in [0.4, 0.5) is 10.3 Å². The summed E-state index contributed by atoms with van der Waals surface area (Å²) in [7, 11) is 0. The van der Waals surface area contributed by atoms with Crippen LogP contribution in [0.5, 0.6) is 0 Å². The van der Waals surface area contributed by atoms with E-state index in [1.54, 1.807) is 12.1 Å². The first-order valence-corrected chi connectivity index (χ1v) is 4.86. The third-order valence-electron chi connectivity index (χ3n) is 1.60. The van der Waals surface area contributed by atoms with E-state index >= 15 is 0 Å². The Morgan fingerprint density at radius 1 is 1.43 bits per heavy atom. The molecule has 1 aromatic heterocycles. The standard InChI is InChI=1S/C8H5ClFN3S/c9-4-1-2-5(6(10)3-4)7-12-8(11)13-14-7/h1-3H,(H2,11,13).